The number of fused-ring (bicyclic) bond motifs is 1. The van der Waals surface area contributed by atoms with Gasteiger partial charge < -0.3 is 9.84 Å². The van der Waals surface area contributed by atoms with Crippen LogP contribution < -0.4 is 4.74 Å². The van der Waals surface area contributed by atoms with Crippen LogP contribution in [0.1, 0.15) is 57.9 Å². The molecule has 1 aromatic heterocycles. The van der Waals surface area contributed by atoms with Crippen LogP contribution in [0, 0.1) is 6.92 Å². The van der Waals surface area contributed by atoms with Crippen LogP contribution in [0.5, 0.6) is 11.5 Å². The van der Waals surface area contributed by atoms with Crippen molar-refractivity contribution in [3.05, 3.63) is 93.5 Å². The fraction of sp³-hybridized carbons (Fsp3) is 0.259. The molecule has 1 atom stereocenters. The highest BCUT2D eigenvalue weighted by molar-refractivity contribution is 6.30. The van der Waals surface area contributed by atoms with Crippen LogP contribution in [-0.2, 0) is 6.54 Å². The molecule has 1 fully saturated rings. The number of phenols is 1. The second kappa shape index (κ2) is 9.00. The lowest BCUT2D eigenvalue weighted by atomic mass is 9.94. The zero-order valence-corrected chi connectivity index (χ0v) is 19.2. The third-order valence-electron chi connectivity index (χ3n) is 6.43. The number of carbonyl (C=O) groups is 1. The first kappa shape index (κ1) is 21.7. The van der Waals surface area contributed by atoms with Crippen molar-refractivity contribution in [2.24, 2.45) is 0 Å². The van der Waals surface area contributed by atoms with E-state index in [1.165, 1.54) is 5.56 Å². The number of likely N-dealkylation sites (tertiary alicyclic amines) is 1. The number of pyridine rings is 1. The summed E-state index contributed by atoms with van der Waals surface area (Å²) in [5, 5.41) is 11.5. The van der Waals surface area contributed by atoms with E-state index in [1.54, 1.807) is 30.5 Å². The molecule has 5 rings (SSSR count). The van der Waals surface area contributed by atoms with Crippen molar-refractivity contribution in [1.29, 1.82) is 0 Å². The number of halogens is 1. The Balaban J connectivity index is 1.49. The van der Waals surface area contributed by atoms with Crippen molar-refractivity contribution in [3.63, 3.8) is 0 Å². The zero-order chi connectivity index (χ0) is 22.9. The van der Waals surface area contributed by atoms with E-state index in [4.69, 9.17) is 16.3 Å². The third kappa shape index (κ3) is 4.26. The zero-order valence-electron chi connectivity index (χ0n) is 18.4. The van der Waals surface area contributed by atoms with Gasteiger partial charge in [-0.05, 0) is 73.3 Å². The highest BCUT2D eigenvalue weighted by Gasteiger charge is 2.35. The molecule has 5 nitrogen and oxygen atoms in total. The van der Waals surface area contributed by atoms with Crippen LogP contribution in [0.4, 0.5) is 0 Å². The van der Waals surface area contributed by atoms with Gasteiger partial charge in [-0.3, -0.25) is 14.7 Å². The smallest absolute Gasteiger partial charge is 0.232 e. The number of hydrogen-bond acceptors (Lipinski definition) is 5. The van der Waals surface area contributed by atoms with E-state index < -0.39 is 0 Å². The molecule has 0 saturated carbocycles. The van der Waals surface area contributed by atoms with E-state index in [-0.39, 0.29) is 23.3 Å². The maximum absolute atomic E-state index is 13.2. The number of allylic oxidation sites excluding steroid dienone is 1. The van der Waals surface area contributed by atoms with Gasteiger partial charge in [0, 0.05) is 30.0 Å². The van der Waals surface area contributed by atoms with E-state index in [0.717, 1.165) is 31.4 Å². The van der Waals surface area contributed by atoms with Gasteiger partial charge >= 0.3 is 0 Å². The summed E-state index contributed by atoms with van der Waals surface area (Å²) >= 11 is 5.98. The lowest BCUT2D eigenvalue weighted by Gasteiger charge is -2.36. The molecule has 168 valence electrons. The maximum Gasteiger partial charge on any atom is 0.232 e. The Kier molecular flexibility index (Phi) is 5.92. The van der Waals surface area contributed by atoms with Gasteiger partial charge in [0.2, 0.25) is 5.78 Å². The Bertz CT molecular complexity index is 1220. The largest absolute Gasteiger partial charge is 0.507 e. The van der Waals surface area contributed by atoms with E-state index in [1.807, 2.05) is 31.3 Å². The Morgan fingerprint density at radius 2 is 2.06 bits per heavy atom. The molecule has 6 heteroatoms. The summed E-state index contributed by atoms with van der Waals surface area (Å²) in [5.41, 5.74) is 3.88. The number of hydrogen-bond donors (Lipinski definition) is 1. The molecular weight excluding hydrogens is 436 g/mol. The summed E-state index contributed by atoms with van der Waals surface area (Å²) in [7, 11) is 0. The van der Waals surface area contributed by atoms with Crippen LogP contribution in [0.3, 0.4) is 0 Å². The molecule has 2 aliphatic rings. The molecule has 0 amide bonds. The van der Waals surface area contributed by atoms with Gasteiger partial charge in [-0.25, -0.2) is 0 Å². The quantitative estimate of drug-likeness (QED) is 0.477. The summed E-state index contributed by atoms with van der Waals surface area (Å²) in [5.74, 6) is 0.710. The highest BCUT2D eigenvalue weighted by Crippen LogP contribution is 2.44. The van der Waals surface area contributed by atoms with Crippen molar-refractivity contribution in [1.82, 2.24) is 9.88 Å². The Labute approximate surface area is 198 Å². The van der Waals surface area contributed by atoms with E-state index in [9.17, 15) is 9.90 Å². The number of nitrogens with zero attached hydrogens (tertiary/aromatic N) is 2. The summed E-state index contributed by atoms with van der Waals surface area (Å²) < 4.78 is 6.11. The average Bonchev–Trinajstić information content (AvgIpc) is 3.15. The molecule has 2 aromatic carbocycles. The molecule has 1 saturated heterocycles. The molecule has 0 unspecified atom stereocenters. The van der Waals surface area contributed by atoms with Gasteiger partial charge in [-0.1, -0.05) is 36.2 Å². The van der Waals surface area contributed by atoms with Crippen LogP contribution >= 0.6 is 11.6 Å². The predicted molar refractivity (Wildman–Crippen MR) is 128 cm³/mol. The molecule has 0 aliphatic carbocycles. The summed E-state index contributed by atoms with van der Waals surface area (Å²) in [6.07, 6.45) is 8.68. The molecule has 33 heavy (non-hydrogen) atoms. The number of piperidine rings is 1. The molecule has 0 spiro atoms. The topological polar surface area (TPSA) is 62.7 Å². The number of aromatic nitrogens is 1. The van der Waals surface area contributed by atoms with Gasteiger partial charge in [-0.2, -0.15) is 0 Å². The first-order valence-electron chi connectivity index (χ1n) is 11.2. The second-order valence-electron chi connectivity index (χ2n) is 8.66. The number of aromatic hydroxyl groups is 1. The van der Waals surface area contributed by atoms with Crippen molar-refractivity contribution >= 4 is 23.5 Å². The highest BCUT2D eigenvalue weighted by atomic mass is 35.5. The number of benzene rings is 2. The monoisotopic (exact) mass is 460 g/mol. The van der Waals surface area contributed by atoms with Gasteiger partial charge in [-0.15, -0.1) is 0 Å². The lowest BCUT2D eigenvalue weighted by Crippen LogP contribution is -2.33. The first-order chi connectivity index (χ1) is 16.0. The standard InChI is InChI=1S/C27H25ClN2O3/c1-17-13-23(31)21(16-30-12-3-2-6-22(30)19-5-4-11-29-15-19)27-25(17)26(32)24(33-27)14-18-7-9-20(28)10-8-18/h4-5,7-11,13-15,22,31H,2-3,6,12,16H2,1H3/b24-14-/t22-/m0/s1. The summed E-state index contributed by atoms with van der Waals surface area (Å²) in [6, 6.07) is 13.2. The normalized spacial score (nSPS) is 19.5. The number of Topliss-reactive ketones (excluding diaryl/α,β-unsaturated/α-hetero) is 1. The Hall–Kier alpha value is -3.15. The lowest BCUT2D eigenvalue weighted by molar-refractivity contribution is 0.101. The van der Waals surface area contributed by atoms with Crippen molar-refractivity contribution in [2.45, 2.75) is 38.8 Å². The van der Waals surface area contributed by atoms with Gasteiger partial charge in [0.25, 0.3) is 0 Å². The van der Waals surface area contributed by atoms with Crippen molar-refractivity contribution in [3.8, 4) is 11.5 Å². The Morgan fingerprint density at radius 1 is 1.24 bits per heavy atom. The van der Waals surface area contributed by atoms with E-state index in [0.29, 0.717) is 34.0 Å². The fourth-order valence-electron chi connectivity index (χ4n) is 4.78. The molecule has 1 N–H and O–H groups in total. The fourth-order valence-corrected chi connectivity index (χ4v) is 4.90. The van der Waals surface area contributed by atoms with Gasteiger partial charge in [0.1, 0.15) is 11.5 Å². The van der Waals surface area contributed by atoms with Crippen LogP contribution in [0.15, 0.2) is 60.6 Å². The summed E-state index contributed by atoms with van der Waals surface area (Å²) in [4.78, 5) is 19.8. The van der Waals surface area contributed by atoms with E-state index in [2.05, 4.69) is 16.0 Å². The third-order valence-corrected chi connectivity index (χ3v) is 6.68. The number of carbonyl (C=O) groups excluding carboxylic acids is 1. The molecular formula is C27H25ClN2O3. The minimum atomic E-state index is -0.166. The van der Waals surface area contributed by atoms with E-state index >= 15 is 0 Å². The number of aryl methyl sites for hydroxylation is 1. The molecule has 3 aromatic rings. The average molecular weight is 461 g/mol. The first-order valence-corrected chi connectivity index (χ1v) is 11.6. The van der Waals surface area contributed by atoms with Crippen LogP contribution in [0.25, 0.3) is 6.08 Å². The van der Waals surface area contributed by atoms with Gasteiger partial charge in [0.15, 0.2) is 5.76 Å². The minimum Gasteiger partial charge on any atom is -0.507 e. The van der Waals surface area contributed by atoms with Crippen molar-refractivity contribution in [2.75, 3.05) is 6.54 Å². The molecule has 2 aliphatic heterocycles. The molecule has 0 bridgehead atoms. The Morgan fingerprint density at radius 3 is 2.82 bits per heavy atom. The van der Waals surface area contributed by atoms with Crippen LogP contribution in [-0.4, -0.2) is 27.3 Å². The number of phenolic OH excluding ortho intramolecular Hbond substituents is 1. The summed E-state index contributed by atoms with van der Waals surface area (Å²) in [6.45, 7) is 3.23. The van der Waals surface area contributed by atoms with Crippen LogP contribution in [0.2, 0.25) is 5.02 Å². The minimum absolute atomic E-state index is 0.155. The predicted octanol–water partition coefficient (Wildman–Crippen LogP) is 6.09. The number of ketones is 1. The van der Waals surface area contributed by atoms with Crippen molar-refractivity contribution < 1.29 is 14.6 Å². The second-order valence-corrected chi connectivity index (χ2v) is 9.09. The maximum atomic E-state index is 13.2. The van der Waals surface area contributed by atoms with Gasteiger partial charge in [0.05, 0.1) is 11.1 Å². The molecule has 3 heterocycles. The number of rotatable bonds is 4. The molecule has 0 radical (unpaired) electrons. The SMILES string of the molecule is Cc1cc(O)c(CN2CCCC[C@H]2c2cccnc2)c2c1C(=O)/C(=C/c1ccc(Cl)cc1)O2. The number of ether oxygens (including phenoxy) is 1.